The first-order valence-electron chi connectivity index (χ1n) is 6.88. The van der Waals surface area contributed by atoms with Crippen LogP contribution in [0.4, 0.5) is 4.39 Å². The number of nitrogens with one attached hydrogen (secondary N) is 1. The van der Waals surface area contributed by atoms with Gasteiger partial charge in [-0.25, -0.2) is 9.07 Å². The quantitative estimate of drug-likeness (QED) is 0.854. The minimum atomic E-state index is -0.415. The first-order chi connectivity index (χ1) is 10.1. The summed E-state index contributed by atoms with van der Waals surface area (Å²) in [5, 5.41) is 16.1. The second kappa shape index (κ2) is 6.99. The summed E-state index contributed by atoms with van der Waals surface area (Å²) in [5.41, 5.74) is 0.502. The fourth-order valence-electron chi connectivity index (χ4n) is 1.86. The first kappa shape index (κ1) is 15.2. The van der Waals surface area contributed by atoms with Gasteiger partial charge in [0.2, 0.25) is 0 Å². The van der Waals surface area contributed by atoms with E-state index in [1.807, 2.05) is 6.92 Å². The van der Waals surface area contributed by atoms with Crippen molar-refractivity contribution < 1.29 is 14.3 Å². The average molecular weight is 291 g/mol. The van der Waals surface area contributed by atoms with Gasteiger partial charge in [0.1, 0.15) is 11.5 Å². The molecule has 0 aliphatic carbocycles. The zero-order valence-electron chi connectivity index (χ0n) is 11.8. The summed E-state index contributed by atoms with van der Waals surface area (Å²) in [6.45, 7) is 2.25. The third-order valence-electron chi connectivity index (χ3n) is 3.16. The standard InChI is InChI=1S/C15H18FN3O2/c1-2-11(20)7-9-17-15(21)13-8-10-19(18-13)14-6-4-3-5-12(14)16/h3-6,8,10-11,20H,2,7,9H2,1H3,(H,17,21). The highest BCUT2D eigenvalue weighted by Gasteiger charge is 2.12. The van der Waals surface area contributed by atoms with E-state index in [0.29, 0.717) is 19.4 Å². The molecule has 0 saturated heterocycles. The summed E-state index contributed by atoms with van der Waals surface area (Å²) in [7, 11) is 0. The number of nitrogens with zero attached hydrogens (tertiary/aromatic N) is 2. The van der Waals surface area contributed by atoms with Crippen LogP contribution in [0.15, 0.2) is 36.5 Å². The maximum atomic E-state index is 13.6. The Balaban J connectivity index is 2.00. The molecule has 2 N–H and O–H groups in total. The number of carbonyl (C=O) groups is 1. The predicted octanol–water partition coefficient (Wildman–Crippen LogP) is 1.90. The van der Waals surface area contributed by atoms with Crippen LogP contribution in [0, 0.1) is 5.82 Å². The molecule has 1 amide bonds. The second-order valence-corrected chi connectivity index (χ2v) is 4.70. The molecule has 1 unspecified atom stereocenters. The molecule has 0 fully saturated rings. The zero-order chi connectivity index (χ0) is 15.2. The Labute approximate surface area is 122 Å². The van der Waals surface area contributed by atoms with Gasteiger partial charge >= 0.3 is 0 Å². The number of benzene rings is 1. The van der Waals surface area contributed by atoms with Crippen molar-refractivity contribution in [3.05, 3.63) is 48.0 Å². The number of aliphatic hydroxyl groups is 1. The van der Waals surface area contributed by atoms with Gasteiger partial charge in [0.25, 0.3) is 5.91 Å². The molecule has 1 aromatic heterocycles. The maximum Gasteiger partial charge on any atom is 0.271 e. The highest BCUT2D eigenvalue weighted by atomic mass is 19.1. The Morgan fingerprint density at radius 1 is 1.43 bits per heavy atom. The lowest BCUT2D eigenvalue weighted by atomic mass is 10.2. The number of aromatic nitrogens is 2. The van der Waals surface area contributed by atoms with Gasteiger partial charge in [-0.1, -0.05) is 19.1 Å². The number of para-hydroxylation sites is 1. The van der Waals surface area contributed by atoms with Crippen LogP contribution in [0.5, 0.6) is 0 Å². The zero-order valence-corrected chi connectivity index (χ0v) is 11.8. The molecule has 1 aromatic carbocycles. The van der Waals surface area contributed by atoms with E-state index in [1.165, 1.54) is 23.0 Å². The molecule has 1 atom stereocenters. The number of hydrogen-bond acceptors (Lipinski definition) is 3. The van der Waals surface area contributed by atoms with Gasteiger partial charge in [0.05, 0.1) is 6.10 Å². The van der Waals surface area contributed by atoms with E-state index in [2.05, 4.69) is 10.4 Å². The lowest BCUT2D eigenvalue weighted by Gasteiger charge is -2.07. The molecule has 112 valence electrons. The maximum absolute atomic E-state index is 13.6. The minimum Gasteiger partial charge on any atom is -0.393 e. The molecule has 0 saturated carbocycles. The number of carbonyl (C=O) groups excluding carboxylic acids is 1. The van der Waals surface area contributed by atoms with Crippen LogP contribution in [0.2, 0.25) is 0 Å². The van der Waals surface area contributed by atoms with Gasteiger partial charge < -0.3 is 10.4 Å². The van der Waals surface area contributed by atoms with Crippen LogP contribution in [0.25, 0.3) is 5.69 Å². The summed E-state index contributed by atoms with van der Waals surface area (Å²) in [6.07, 6.45) is 2.27. The summed E-state index contributed by atoms with van der Waals surface area (Å²) in [5.74, 6) is -0.744. The average Bonchev–Trinajstić information content (AvgIpc) is 2.97. The van der Waals surface area contributed by atoms with Gasteiger partial charge in [0, 0.05) is 12.7 Å². The molecule has 0 aliphatic heterocycles. The molecule has 0 radical (unpaired) electrons. The Hall–Kier alpha value is -2.21. The molecular formula is C15H18FN3O2. The second-order valence-electron chi connectivity index (χ2n) is 4.70. The van der Waals surface area contributed by atoms with E-state index in [9.17, 15) is 14.3 Å². The van der Waals surface area contributed by atoms with E-state index in [4.69, 9.17) is 0 Å². The van der Waals surface area contributed by atoms with Gasteiger partial charge in [-0.15, -0.1) is 0 Å². The lowest BCUT2D eigenvalue weighted by molar-refractivity contribution is 0.0936. The van der Waals surface area contributed by atoms with Crippen molar-refractivity contribution in [1.29, 1.82) is 0 Å². The van der Waals surface area contributed by atoms with Crippen LogP contribution in [-0.4, -0.2) is 33.4 Å². The van der Waals surface area contributed by atoms with Gasteiger partial charge in [0.15, 0.2) is 5.69 Å². The van der Waals surface area contributed by atoms with Crippen molar-refractivity contribution in [2.75, 3.05) is 6.54 Å². The van der Waals surface area contributed by atoms with E-state index in [-0.39, 0.29) is 17.3 Å². The minimum absolute atomic E-state index is 0.212. The SMILES string of the molecule is CCC(O)CCNC(=O)c1ccn(-c2ccccc2F)n1. The molecule has 0 spiro atoms. The summed E-state index contributed by atoms with van der Waals surface area (Å²) in [4.78, 5) is 11.9. The van der Waals surface area contributed by atoms with Crippen LogP contribution in [0.1, 0.15) is 30.3 Å². The molecule has 2 aromatic rings. The van der Waals surface area contributed by atoms with E-state index >= 15 is 0 Å². The van der Waals surface area contributed by atoms with Gasteiger partial charge in [-0.3, -0.25) is 4.79 Å². The molecule has 21 heavy (non-hydrogen) atoms. The molecule has 0 bridgehead atoms. The number of rotatable bonds is 6. The fraction of sp³-hybridized carbons (Fsp3) is 0.333. The number of amides is 1. The first-order valence-corrected chi connectivity index (χ1v) is 6.88. The molecule has 2 rings (SSSR count). The van der Waals surface area contributed by atoms with Crippen molar-refractivity contribution in [1.82, 2.24) is 15.1 Å². The van der Waals surface area contributed by atoms with Crippen molar-refractivity contribution in [2.24, 2.45) is 0 Å². The fourth-order valence-corrected chi connectivity index (χ4v) is 1.86. The lowest BCUT2D eigenvalue weighted by Crippen LogP contribution is -2.27. The molecule has 5 nitrogen and oxygen atoms in total. The van der Waals surface area contributed by atoms with Crippen molar-refractivity contribution in [2.45, 2.75) is 25.9 Å². The van der Waals surface area contributed by atoms with Gasteiger partial charge in [-0.05, 0) is 31.0 Å². The van der Waals surface area contributed by atoms with Gasteiger partial charge in [-0.2, -0.15) is 5.10 Å². The molecule has 6 heteroatoms. The Kier molecular flexibility index (Phi) is 5.05. The predicted molar refractivity (Wildman–Crippen MR) is 76.8 cm³/mol. The Morgan fingerprint density at radius 3 is 2.90 bits per heavy atom. The number of hydrogen-bond donors (Lipinski definition) is 2. The molecule has 1 heterocycles. The smallest absolute Gasteiger partial charge is 0.271 e. The van der Waals surface area contributed by atoms with Crippen molar-refractivity contribution in [3.8, 4) is 5.69 Å². The molecule has 0 aliphatic rings. The van der Waals surface area contributed by atoms with E-state index in [1.54, 1.807) is 18.2 Å². The highest BCUT2D eigenvalue weighted by molar-refractivity contribution is 5.92. The Morgan fingerprint density at radius 2 is 2.19 bits per heavy atom. The normalized spacial score (nSPS) is 12.1. The number of halogens is 1. The Bertz CT molecular complexity index is 612. The highest BCUT2D eigenvalue weighted by Crippen LogP contribution is 2.12. The summed E-state index contributed by atoms with van der Waals surface area (Å²) in [6, 6.07) is 7.74. The topological polar surface area (TPSA) is 67.2 Å². The van der Waals surface area contributed by atoms with E-state index in [0.717, 1.165) is 0 Å². The van der Waals surface area contributed by atoms with Crippen molar-refractivity contribution in [3.63, 3.8) is 0 Å². The van der Waals surface area contributed by atoms with E-state index < -0.39 is 11.9 Å². The third kappa shape index (κ3) is 3.88. The summed E-state index contributed by atoms with van der Waals surface area (Å²) < 4.78 is 15.0. The largest absolute Gasteiger partial charge is 0.393 e. The van der Waals surface area contributed by atoms with Crippen molar-refractivity contribution >= 4 is 5.91 Å². The summed E-state index contributed by atoms with van der Waals surface area (Å²) >= 11 is 0. The van der Waals surface area contributed by atoms with Crippen LogP contribution < -0.4 is 5.32 Å². The molecular weight excluding hydrogens is 273 g/mol. The monoisotopic (exact) mass is 291 g/mol. The van der Waals surface area contributed by atoms with Crippen LogP contribution >= 0.6 is 0 Å². The third-order valence-corrected chi connectivity index (χ3v) is 3.16. The van der Waals surface area contributed by atoms with Crippen LogP contribution in [0.3, 0.4) is 0 Å². The van der Waals surface area contributed by atoms with Crippen LogP contribution in [-0.2, 0) is 0 Å². The number of aliphatic hydroxyl groups excluding tert-OH is 1.